The van der Waals surface area contributed by atoms with E-state index in [1.165, 1.54) is 22.6 Å². The van der Waals surface area contributed by atoms with Gasteiger partial charge in [-0.05, 0) is 44.2 Å². The monoisotopic (exact) mass is 267 g/mol. The van der Waals surface area contributed by atoms with Crippen LogP contribution in [0.1, 0.15) is 42.5 Å². The van der Waals surface area contributed by atoms with E-state index in [0.717, 1.165) is 18.9 Å². The third-order valence-electron chi connectivity index (χ3n) is 3.52. The van der Waals surface area contributed by atoms with Crippen LogP contribution in [0.5, 0.6) is 0 Å². The van der Waals surface area contributed by atoms with E-state index in [4.69, 9.17) is 5.11 Å². The molecule has 0 amide bonds. The zero-order valence-electron chi connectivity index (χ0n) is 11.1. The number of aryl methyl sites for hydroxylation is 1. The number of thiophene rings is 1. The Hall–Kier alpha value is -0.870. The number of nitrogens with zero attached hydrogens (tertiary/aromatic N) is 1. The van der Waals surface area contributed by atoms with Gasteiger partial charge in [-0.1, -0.05) is 6.92 Å². The zero-order chi connectivity index (χ0) is 13.1. The molecule has 1 atom stereocenters. The summed E-state index contributed by atoms with van der Waals surface area (Å²) in [7, 11) is 0. The van der Waals surface area contributed by atoms with Gasteiger partial charge in [-0.25, -0.2) is 0 Å². The van der Waals surface area contributed by atoms with E-state index in [9.17, 15) is 4.79 Å². The van der Waals surface area contributed by atoms with E-state index in [0.29, 0.717) is 0 Å². The number of rotatable bonds is 7. The molecule has 18 heavy (non-hydrogen) atoms. The molecular weight excluding hydrogens is 246 g/mol. The van der Waals surface area contributed by atoms with E-state index in [2.05, 4.69) is 30.9 Å². The number of carboxylic acids is 1. The van der Waals surface area contributed by atoms with Gasteiger partial charge in [-0.3, -0.25) is 9.69 Å². The largest absolute Gasteiger partial charge is 0.480 e. The second kappa shape index (κ2) is 5.85. The minimum absolute atomic E-state index is 0.150. The third-order valence-corrected chi connectivity index (χ3v) is 4.92. The minimum atomic E-state index is -0.727. The lowest BCUT2D eigenvalue weighted by molar-refractivity contribution is -0.138. The standard InChI is InChI=1S/C14H21NO2S/c1-3-12-6-7-13(18-12)10(2)15(9-14(16)17)8-11-4-5-11/h6-7,10-11H,3-5,8-9H2,1-2H3,(H,16,17). The molecule has 0 saturated heterocycles. The molecule has 3 nitrogen and oxygen atoms in total. The minimum Gasteiger partial charge on any atom is -0.480 e. The molecule has 0 aliphatic heterocycles. The van der Waals surface area contributed by atoms with Crippen LogP contribution >= 0.6 is 11.3 Å². The van der Waals surface area contributed by atoms with Crippen molar-refractivity contribution in [2.24, 2.45) is 5.92 Å². The Morgan fingerprint density at radius 3 is 2.78 bits per heavy atom. The molecule has 1 saturated carbocycles. The molecule has 1 fully saturated rings. The molecule has 1 aliphatic carbocycles. The Bertz CT molecular complexity index is 412. The van der Waals surface area contributed by atoms with Gasteiger partial charge in [0, 0.05) is 22.3 Å². The lowest BCUT2D eigenvalue weighted by Gasteiger charge is -2.26. The normalized spacial score (nSPS) is 17.1. The maximum atomic E-state index is 11.0. The van der Waals surface area contributed by atoms with Crippen molar-refractivity contribution in [3.63, 3.8) is 0 Å². The summed E-state index contributed by atoms with van der Waals surface area (Å²) < 4.78 is 0. The first-order valence-electron chi connectivity index (χ1n) is 6.64. The molecule has 0 aromatic carbocycles. The Labute approximate surface area is 112 Å². The highest BCUT2D eigenvalue weighted by atomic mass is 32.1. The van der Waals surface area contributed by atoms with Crippen LogP contribution < -0.4 is 0 Å². The smallest absolute Gasteiger partial charge is 0.317 e. The molecule has 4 heteroatoms. The van der Waals surface area contributed by atoms with Gasteiger partial charge >= 0.3 is 5.97 Å². The second-order valence-electron chi connectivity index (χ2n) is 5.10. The summed E-state index contributed by atoms with van der Waals surface area (Å²) in [5, 5.41) is 9.03. The first-order chi connectivity index (χ1) is 8.60. The molecule has 1 heterocycles. The molecule has 2 rings (SSSR count). The van der Waals surface area contributed by atoms with Gasteiger partial charge in [0.2, 0.25) is 0 Å². The quantitative estimate of drug-likeness (QED) is 0.825. The molecule has 100 valence electrons. The van der Waals surface area contributed by atoms with Crippen LogP contribution in [0.15, 0.2) is 12.1 Å². The highest BCUT2D eigenvalue weighted by molar-refractivity contribution is 7.12. The van der Waals surface area contributed by atoms with Crippen molar-refractivity contribution in [2.45, 2.75) is 39.2 Å². The summed E-state index contributed by atoms with van der Waals surface area (Å²) in [6, 6.07) is 4.52. The summed E-state index contributed by atoms with van der Waals surface area (Å²) in [6.07, 6.45) is 3.57. The molecule has 1 N–H and O–H groups in total. The first kappa shape index (κ1) is 13.6. The van der Waals surface area contributed by atoms with Crippen molar-refractivity contribution in [3.05, 3.63) is 21.9 Å². The summed E-state index contributed by atoms with van der Waals surface area (Å²) in [4.78, 5) is 15.7. The van der Waals surface area contributed by atoms with Gasteiger partial charge in [-0.2, -0.15) is 0 Å². The Morgan fingerprint density at radius 2 is 2.28 bits per heavy atom. The van der Waals surface area contributed by atoms with Crippen molar-refractivity contribution in [3.8, 4) is 0 Å². The summed E-state index contributed by atoms with van der Waals surface area (Å²) in [5.74, 6) is -0.00724. The molecule has 1 unspecified atom stereocenters. The van der Waals surface area contributed by atoms with Crippen molar-refractivity contribution < 1.29 is 9.90 Å². The Kier molecular flexibility index (Phi) is 4.40. The van der Waals surface area contributed by atoms with E-state index in [1.807, 2.05) is 11.3 Å². The number of aliphatic carboxylic acids is 1. The molecule has 1 aliphatic rings. The maximum absolute atomic E-state index is 11.0. The molecule has 1 aromatic rings. The van der Waals surface area contributed by atoms with Crippen LogP contribution in [0.25, 0.3) is 0 Å². The highest BCUT2D eigenvalue weighted by Gasteiger charge is 2.28. The third kappa shape index (κ3) is 3.56. The molecular formula is C14H21NO2S. The van der Waals surface area contributed by atoms with E-state index in [1.54, 1.807) is 0 Å². The SMILES string of the molecule is CCc1ccc(C(C)N(CC(=O)O)CC2CC2)s1. The van der Waals surface area contributed by atoms with Gasteiger partial charge in [0.1, 0.15) is 0 Å². The van der Waals surface area contributed by atoms with E-state index >= 15 is 0 Å². The Balaban J connectivity index is 2.04. The van der Waals surface area contributed by atoms with Crippen molar-refractivity contribution in [2.75, 3.05) is 13.1 Å². The lowest BCUT2D eigenvalue weighted by Crippen LogP contribution is -2.33. The van der Waals surface area contributed by atoms with E-state index in [-0.39, 0.29) is 12.6 Å². The fraction of sp³-hybridized carbons (Fsp3) is 0.643. The molecule has 0 radical (unpaired) electrons. The van der Waals surface area contributed by atoms with Crippen LogP contribution in [-0.2, 0) is 11.2 Å². The highest BCUT2D eigenvalue weighted by Crippen LogP contribution is 2.34. The van der Waals surface area contributed by atoms with Crippen LogP contribution in [-0.4, -0.2) is 29.1 Å². The number of hydrogen-bond donors (Lipinski definition) is 1. The fourth-order valence-electron chi connectivity index (χ4n) is 2.15. The van der Waals surface area contributed by atoms with Crippen LogP contribution in [0.3, 0.4) is 0 Å². The van der Waals surface area contributed by atoms with Crippen LogP contribution in [0.2, 0.25) is 0 Å². The Morgan fingerprint density at radius 1 is 1.56 bits per heavy atom. The van der Waals surface area contributed by atoms with E-state index < -0.39 is 5.97 Å². The molecule has 0 spiro atoms. The van der Waals surface area contributed by atoms with Gasteiger partial charge in [0.05, 0.1) is 6.54 Å². The van der Waals surface area contributed by atoms with Crippen molar-refractivity contribution in [1.82, 2.24) is 4.90 Å². The summed E-state index contributed by atoms with van der Waals surface area (Å²) >= 11 is 1.81. The van der Waals surface area contributed by atoms with Gasteiger partial charge in [-0.15, -0.1) is 11.3 Å². The van der Waals surface area contributed by atoms with Gasteiger partial charge < -0.3 is 5.11 Å². The van der Waals surface area contributed by atoms with Gasteiger partial charge in [0.25, 0.3) is 0 Å². The number of carbonyl (C=O) groups is 1. The maximum Gasteiger partial charge on any atom is 0.317 e. The van der Waals surface area contributed by atoms with Gasteiger partial charge in [0.15, 0.2) is 0 Å². The average molecular weight is 267 g/mol. The first-order valence-corrected chi connectivity index (χ1v) is 7.46. The topological polar surface area (TPSA) is 40.5 Å². The number of hydrogen-bond acceptors (Lipinski definition) is 3. The zero-order valence-corrected chi connectivity index (χ0v) is 11.9. The number of carboxylic acid groups (broad SMARTS) is 1. The van der Waals surface area contributed by atoms with Crippen molar-refractivity contribution in [1.29, 1.82) is 0 Å². The summed E-state index contributed by atoms with van der Waals surface area (Å²) in [6.45, 7) is 5.35. The van der Waals surface area contributed by atoms with Crippen LogP contribution in [0.4, 0.5) is 0 Å². The fourth-order valence-corrected chi connectivity index (χ4v) is 3.19. The predicted octanol–water partition coefficient (Wildman–Crippen LogP) is 3.17. The summed E-state index contributed by atoms with van der Waals surface area (Å²) in [5.41, 5.74) is 0. The predicted molar refractivity (Wildman–Crippen MR) is 74.0 cm³/mol. The van der Waals surface area contributed by atoms with Crippen molar-refractivity contribution >= 4 is 17.3 Å². The lowest BCUT2D eigenvalue weighted by atomic mass is 10.2. The average Bonchev–Trinajstić information content (AvgIpc) is 3.01. The molecule has 0 bridgehead atoms. The molecule has 1 aromatic heterocycles. The second-order valence-corrected chi connectivity index (χ2v) is 6.30. The van der Waals surface area contributed by atoms with Crippen LogP contribution in [0, 0.1) is 5.92 Å².